The van der Waals surface area contributed by atoms with Gasteiger partial charge >= 0.3 is 0 Å². The Morgan fingerprint density at radius 1 is 1.23 bits per heavy atom. The first kappa shape index (κ1) is 15.2. The van der Waals surface area contributed by atoms with Crippen LogP contribution in [0.2, 0.25) is 5.15 Å². The molecule has 6 heteroatoms. The number of piperidine rings is 1. The van der Waals surface area contributed by atoms with E-state index in [9.17, 15) is 0 Å². The second-order valence-corrected chi connectivity index (χ2v) is 6.06. The number of hydrogen-bond acceptors (Lipinski definition) is 5. The van der Waals surface area contributed by atoms with Gasteiger partial charge in [-0.2, -0.15) is 0 Å². The van der Waals surface area contributed by atoms with Crippen molar-refractivity contribution in [1.29, 1.82) is 0 Å². The molecule has 1 aliphatic heterocycles. The van der Waals surface area contributed by atoms with E-state index in [1.807, 2.05) is 19.3 Å². The lowest BCUT2D eigenvalue weighted by Crippen LogP contribution is -2.38. The third-order valence-electron chi connectivity index (χ3n) is 3.90. The van der Waals surface area contributed by atoms with Crippen molar-refractivity contribution in [3.8, 4) is 0 Å². The van der Waals surface area contributed by atoms with Crippen molar-refractivity contribution in [2.45, 2.75) is 32.4 Å². The zero-order valence-electron chi connectivity index (χ0n) is 12.7. The molecule has 22 heavy (non-hydrogen) atoms. The van der Waals surface area contributed by atoms with Crippen molar-refractivity contribution in [3.63, 3.8) is 0 Å². The van der Waals surface area contributed by atoms with E-state index in [1.54, 1.807) is 6.07 Å². The van der Waals surface area contributed by atoms with E-state index in [0.717, 1.165) is 38.3 Å². The largest absolute Gasteiger partial charge is 0.367 e. The molecule has 0 amide bonds. The maximum absolute atomic E-state index is 5.98. The molecule has 1 saturated heterocycles. The van der Waals surface area contributed by atoms with Crippen LogP contribution in [0.25, 0.3) is 0 Å². The van der Waals surface area contributed by atoms with Gasteiger partial charge in [0.1, 0.15) is 16.8 Å². The van der Waals surface area contributed by atoms with Crippen molar-refractivity contribution in [1.82, 2.24) is 19.9 Å². The van der Waals surface area contributed by atoms with Crippen LogP contribution < -0.4 is 5.32 Å². The molecule has 1 fully saturated rings. The van der Waals surface area contributed by atoms with E-state index in [2.05, 4.69) is 37.3 Å². The van der Waals surface area contributed by atoms with Crippen LogP contribution in [0.15, 0.2) is 30.6 Å². The van der Waals surface area contributed by atoms with Crippen LogP contribution in [-0.2, 0) is 6.54 Å². The molecule has 1 aliphatic rings. The van der Waals surface area contributed by atoms with Crippen molar-refractivity contribution in [2.75, 3.05) is 18.4 Å². The average Bonchev–Trinajstić information content (AvgIpc) is 2.49. The molecule has 3 rings (SSSR count). The highest BCUT2D eigenvalue weighted by Gasteiger charge is 2.19. The van der Waals surface area contributed by atoms with Gasteiger partial charge in [-0.05, 0) is 37.5 Å². The summed E-state index contributed by atoms with van der Waals surface area (Å²) in [6.07, 6.45) is 5.91. The van der Waals surface area contributed by atoms with Gasteiger partial charge in [0.25, 0.3) is 0 Å². The van der Waals surface area contributed by atoms with Crippen molar-refractivity contribution in [3.05, 3.63) is 47.1 Å². The van der Waals surface area contributed by atoms with Gasteiger partial charge < -0.3 is 5.32 Å². The fourth-order valence-electron chi connectivity index (χ4n) is 2.80. The van der Waals surface area contributed by atoms with Gasteiger partial charge in [-0.25, -0.2) is 9.97 Å². The predicted octanol–water partition coefficient (Wildman–Crippen LogP) is 2.91. The number of likely N-dealkylation sites (tertiary alicyclic amines) is 1. The van der Waals surface area contributed by atoms with Crippen LogP contribution in [0.5, 0.6) is 0 Å². The maximum Gasteiger partial charge on any atom is 0.134 e. The van der Waals surface area contributed by atoms with Gasteiger partial charge in [0.2, 0.25) is 0 Å². The molecule has 2 aromatic rings. The minimum Gasteiger partial charge on any atom is -0.367 e. The topological polar surface area (TPSA) is 53.9 Å². The molecule has 0 unspecified atom stereocenters. The van der Waals surface area contributed by atoms with Crippen LogP contribution >= 0.6 is 11.6 Å². The average molecular weight is 318 g/mol. The van der Waals surface area contributed by atoms with E-state index >= 15 is 0 Å². The van der Waals surface area contributed by atoms with E-state index in [-0.39, 0.29) is 0 Å². The monoisotopic (exact) mass is 317 g/mol. The number of nitrogens with zero attached hydrogens (tertiary/aromatic N) is 4. The molecule has 116 valence electrons. The molecule has 0 aromatic carbocycles. The Hall–Kier alpha value is -1.72. The highest BCUT2D eigenvalue weighted by molar-refractivity contribution is 6.29. The first-order valence-corrected chi connectivity index (χ1v) is 7.96. The lowest BCUT2D eigenvalue weighted by molar-refractivity contribution is 0.211. The molecule has 5 nitrogen and oxygen atoms in total. The van der Waals surface area contributed by atoms with Crippen molar-refractivity contribution >= 4 is 17.4 Å². The molecule has 0 spiro atoms. The number of rotatable bonds is 4. The summed E-state index contributed by atoms with van der Waals surface area (Å²) in [6, 6.07) is 6.39. The number of aromatic nitrogens is 3. The summed E-state index contributed by atoms with van der Waals surface area (Å²) in [5, 5.41) is 3.97. The Kier molecular flexibility index (Phi) is 4.85. The SMILES string of the molecule is Cc1nc(Cl)cc(NC2CCN(Cc3ccncc3)CC2)n1. The number of aryl methyl sites for hydroxylation is 1. The molecule has 0 radical (unpaired) electrons. The van der Waals surface area contributed by atoms with Gasteiger partial charge in [0.05, 0.1) is 0 Å². The summed E-state index contributed by atoms with van der Waals surface area (Å²) in [6.45, 7) is 5.01. The molecular formula is C16H20ClN5. The summed E-state index contributed by atoms with van der Waals surface area (Å²) in [5.41, 5.74) is 1.32. The number of hydrogen-bond donors (Lipinski definition) is 1. The Morgan fingerprint density at radius 3 is 2.64 bits per heavy atom. The summed E-state index contributed by atoms with van der Waals surface area (Å²) in [7, 11) is 0. The zero-order chi connectivity index (χ0) is 15.4. The predicted molar refractivity (Wildman–Crippen MR) is 87.9 cm³/mol. The highest BCUT2D eigenvalue weighted by atomic mass is 35.5. The van der Waals surface area contributed by atoms with Crippen LogP contribution in [0.1, 0.15) is 24.2 Å². The highest BCUT2D eigenvalue weighted by Crippen LogP contribution is 2.18. The van der Waals surface area contributed by atoms with Gasteiger partial charge in [0.15, 0.2) is 0 Å². The van der Waals surface area contributed by atoms with E-state index in [1.165, 1.54) is 5.56 Å². The second kappa shape index (κ2) is 7.03. The molecule has 3 heterocycles. The summed E-state index contributed by atoms with van der Waals surface area (Å²) >= 11 is 5.98. The van der Waals surface area contributed by atoms with E-state index < -0.39 is 0 Å². The normalized spacial score (nSPS) is 16.6. The third kappa shape index (κ3) is 4.15. The smallest absolute Gasteiger partial charge is 0.134 e. The Bertz CT molecular complexity index is 591. The first-order chi connectivity index (χ1) is 10.7. The number of halogens is 1. The molecule has 0 bridgehead atoms. The Balaban J connectivity index is 1.51. The van der Waals surface area contributed by atoms with Crippen LogP contribution in [0.4, 0.5) is 5.82 Å². The Morgan fingerprint density at radius 2 is 1.95 bits per heavy atom. The zero-order valence-corrected chi connectivity index (χ0v) is 13.4. The van der Waals surface area contributed by atoms with Gasteiger partial charge in [-0.1, -0.05) is 11.6 Å². The molecule has 0 saturated carbocycles. The quantitative estimate of drug-likeness (QED) is 0.879. The fourth-order valence-corrected chi connectivity index (χ4v) is 3.02. The number of anilines is 1. The third-order valence-corrected chi connectivity index (χ3v) is 4.10. The second-order valence-electron chi connectivity index (χ2n) is 5.67. The molecule has 0 atom stereocenters. The van der Waals surface area contributed by atoms with Crippen LogP contribution in [0.3, 0.4) is 0 Å². The summed E-state index contributed by atoms with van der Waals surface area (Å²) in [4.78, 5) is 15.0. The fraction of sp³-hybridized carbons (Fsp3) is 0.438. The standard InChI is InChI=1S/C16H20ClN5/c1-12-19-15(17)10-16(20-12)21-14-4-8-22(9-5-14)11-13-2-6-18-7-3-13/h2-3,6-7,10,14H,4-5,8-9,11H2,1H3,(H,19,20,21). The molecule has 0 aliphatic carbocycles. The van der Waals surface area contributed by atoms with E-state index in [0.29, 0.717) is 17.0 Å². The van der Waals surface area contributed by atoms with Gasteiger partial charge in [-0.3, -0.25) is 9.88 Å². The van der Waals surface area contributed by atoms with Gasteiger partial charge in [0, 0.05) is 44.1 Å². The van der Waals surface area contributed by atoms with Crippen molar-refractivity contribution < 1.29 is 0 Å². The first-order valence-electron chi connectivity index (χ1n) is 7.58. The number of pyridine rings is 1. The minimum atomic E-state index is 0.444. The summed E-state index contributed by atoms with van der Waals surface area (Å²) < 4.78 is 0. The minimum absolute atomic E-state index is 0.444. The molecule has 1 N–H and O–H groups in total. The molecular weight excluding hydrogens is 298 g/mol. The van der Waals surface area contributed by atoms with E-state index in [4.69, 9.17) is 11.6 Å². The van der Waals surface area contributed by atoms with Crippen LogP contribution in [0, 0.1) is 6.92 Å². The maximum atomic E-state index is 5.98. The Labute approximate surface area is 135 Å². The lowest BCUT2D eigenvalue weighted by Gasteiger charge is -2.32. The van der Waals surface area contributed by atoms with Gasteiger partial charge in [-0.15, -0.1) is 0 Å². The van der Waals surface area contributed by atoms with Crippen molar-refractivity contribution in [2.24, 2.45) is 0 Å². The van der Waals surface area contributed by atoms with Crippen LogP contribution in [-0.4, -0.2) is 39.0 Å². The number of nitrogens with one attached hydrogen (secondary N) is 1. The summed E-state index contributed by atoms with van der Waals surface area (Å²) in [5.74, 6) is 1.52. The molecule has 2 aromatic heterocycles. The lowest BCUT2D eigenvalue weighted by atomic mass is 10.0.